The number of carbonyl (C=O) groups excluding carboxylic acids is 2. The smallest absolute Gasteiger partial charge is 0.289 e. The van der Waals surface area contributed by atoms with Crippen molar-refractivity contribution in [2.45, 2.75) is 58.2 Å². The number of benzene rings is 2. The molecule has 0 aliphatic carbocycles. The van der Waals surface area contributed by atoms with Gasteiger partial charge in [0.1, 0.15) is 6.10 Å². The van der Waals surface area contributed by atoms with Gasteiger partial charge >= 0.3 is 0 Å². The average molecular weight is 460 g/mol. The van der Waals surface area contributed by atoms with Crippen molar-refractivity contribution in [1.29, 1.82) is 0 Å². The highest BCUT2D eigenvalue weighted by Crippen LogP contribution is 2.45. The molecule has 1 aliphatic rings. The van der Waals surface area contributed by atoms with Crippen LogP contribution in [-0.4, -0.2) is 22.6 Å². The van der Waals surface area contributed by atoms with E-state index in [4.69, 9.17) is 27.9 Å². The van der Waals surface area contributed by atoms with Crippen LogP contribution in [0.1, 0.15) is 63.3 Å². The second-order valence-corrected chi connectivity index (χ2v) is 8.47. The van der Waals surface area contributed by atoms with Crippen LogP contribution in [0.25, 0.3) is 0 Å². The first-order chi connectivity index (χ1) is 14.9. The second-order valence-electron chi connectivity index (χ2n) is 7.60. The van der Waals surface area contributed by atoms with Crippen molar-refractivity contribution in [3.05, 3.63) is 81.5 Å². The van der Waals surface area contributed by atoms with Crippen molar-refractivity contribution in [3.8, 4) is 0 Å². The van der Waals surface area contributed by atoms with E-state index in [0.717, 1.165) is 24.0 Å². The van der Waals surface area contributed by atoms with Gasteiger partial charge in [0.05, 0.1) is 6.04 Å². The maximum absolute atomic E-state index is 13.6. The number of hydrogen-bond acceptors (Lipinski definition) is 3. The Morgan fingerprint density at radius 3 is 2.29 bits per heavy atom. The van der Waals surface area contributed by atoms with Gasteiger partial charge < -0.3 is 9.64 Å². The summed E-state index contributed by atoms with van der Waals surface area (Å²) in [7, 11) is 0. The Balaban J connectivity index is 2.21. The molecule has 164 valence electrons. The standard InChI is InChI=1S/C25H27Cl2NO3/c1-4-20(5-2)28-23(16-10-12-18(26)13-11-16)24(17-8-7-9-19(27)14-17)31-22(25(28)30)15-21(29)6-3/h7-15,20,23-24H,4-6H2,1-3H3. The fourth-order valence-electron chi connectivity index (χ4n) is 4.00. The molecule has 31 heavy (non-hydrogen) atoms. The van der Waals surface area contributed by atoms with Crippen LogP contribution in [0, 0.1) is 0 Å². The van der Waals surface area contributed by atoms with Crippen LogP contribution >= 0.6 is 23.2 Å². The first-order valence-corrected chi connectivity index (χ1v) is 11.4. The zero-order chi connectivity index (χ0) is 22.5. The highest BCUT2D eigenvalue weighted by Gasteiger charge is 2.44. The quantitative estimate of drug-likeness (QED) is 0.433. The van der Waals surface area contributed by atoms with Gasteiger partial charge in [0.2, 0.25) is 0 Å². The zero-order valence-corrected chi connectivity index (χ0v) is 19.5. The van der Waals surface area contributed by atoms with E-state index in [0.29, 0.717) is 16.5 Å². The van der Waals surface area contributed by atoms with Crippen molar-refractivity contribution >= 4 is 34.9 Å². The molecule has 1 fully saturated rings. The summed E-state index contributed by atoms with van der Waals surface area (Å²) in [5.74, 6) is -0.342. The van der Waals surface area contributed by atoms with Crippen LogP contribution in [0.3, 0.4) is 0 Å². The number of ketones is 1. The maximum atomic E-state index is 13.6. The molecule has 1 heterocycles. The van der Waals surface area contributed by atoms with E-state index < -0.39 is 6.10 Å². The SMILES string of the molecule is CCC(=O)C=C1OC(c2cccc(Cl)c2)C(c2ccc(Cl)cc2)N(C(CC)CC)C1=O. The topological polar surface area (TPSA) is 46.6 Å². The van der Waals surface area contributed by atoms with Crippen molar-refractivity contribution in [2.24, 2.45) is 0 Å². The predicted molar refractivity (Wildman–Crippen MR) is 124 cm³/mol. The predicted octanol–water partition coefficient (Wildman–Crippen LogP) is 6.69. The number of carbonyl (C=O) groups is 2. The second kappa shape index (κ2) is 10.3. The molecule has 2 aromatic rings. The van der Waals surface area contributed by atoms with Crippen molar-refractivity contribution in [2.75, 3.05) is 0 Å². The van der Waals surface area contributed by atoms with Gasteiger partial charge in [-0.15, -0.1) is 0 Å². The number of rotatable bonds is 7. The Morgan fingerprint density at radius 2 is 1.71 bits per heavy atom. The molecule has 3 rings (SSSR count). The summed E-state index contributed by atoms with van der Waals surface area (Å²) in [5, 5.41) is 1.20. The molecule has 4 nitrogen and oxygen atoms in total. The fourth-order valence-corrected chi connectivity index (χ4v) is 4.32. The highest BCUT2D eigenvalue weighted by molar-refractivity contribution is 6.30. The molecule has 6 heteroatoms. The monoisotopic (exact) mass is 459 g/mol. The average Bonchev–Trinajstić information content (AvgIpc) is 2.77. The van der Waals surface area contributed by atoms with Crippen molar-refractivity contribution < 1.29 is 14.3 Å². The van der Waals surface area contributed by atoms with E-state index in [1.54, 1.807) is 13.0 Å². The molecule has 0 saturated carbocycles. The molecular weight excluding hydrogens is 433 g/mol. The Hall–Kier alpha value is -2.30. The number of amides is 1. The molecule has 0 bridgehead atoms. The van der Waals surface area contributed by atoms with Gasteiger partial charge in [0.25, 0.3) is 5.91 Å². The minimum absolute atomic E-state index is 0.0149. The molecule has 1 saturated heterocycles. The van der Waals surface area contributed by atoms with Crippen molar-refractivity contribution in [3.63, 3.8) is 0 Å². The molecule has 0 aromatic heterocycles. The molecule has 2 aromatic carbocycles. The van der Waals surface area contributed by atoms with E-state index in [2.05, 4.69) is 13.8 Å². The third kappa shape index (κ3) is 5.13. The van der Waals surface area contributed by atoms with Crippen LogP contribution in [0.5, 0.6) is 0 Å². The molecule has 1 amide bonds. The van der Waals surface area contributed by atoms with Crippen LogP contribution in [0.2, 0.25) is 10.0 Å². The molecule has 0 N–H and O–H groups in total. The number of morpholine rings is 1. The first kappa shape index (κ1) is 23.4. The van der Waals surface area contributed by atoms with Crippen LogP contribution in [0.15, 0.2) is 60.4 Å². The van der Waals surface area contributed by atoms with Gasteiger partial charge in [0, 0.05) is 28.6 Å². The minimum Gasteiger partial charge on any atom is -0.477 e. The third-order valence-corrected chi connectivity index (χ3v) is 6.14. The summed E-state index contributed by atoms with van der Waals surface area (Å²) in [6.07, 6.45) is 2.67. The normalized spacial score (nSPS) is 20.3. The number of halogens is 2. The summed E-state index contributed by atoms with van der Waals surface area (Å²) >= 11 is 12.4. The molecule has 1 aliphatic heterocycles. The van der Waals surface area contributed by atoms with E-state index in [-0.39, 0.29) is 29.5 Å². The largest absolute Gasteiger partial charge is 0.477 e. The lowest BCUT2D eigenvalue weighted by molar-refractivity contribution is -0.152. The van der Waals surface area contributed by atoms with Gasteiger partial charge in [-0.25, -0.2) is 0 Å². The zero-order valence-electron chi connectivity index (χ0n) is 18.0. The Bertz CT molecular complexity index is 967. The fraction of sp³-hybridized carbons (Fsp3) is 0.360. The van der Waals surface area contributed by atoms with Gasteiger partial charge in [-0.2, -0.15) is 0 Å². The molecule has 0 spiro atoms. The summed E-state index contributed by atoms with van der Waals surface area (Å²) in [4.78, 5) is 27.6. The number of allylic oxidation sites excluding steroid dienone is 1. The highest BCUT2D eigenvalue weighted by atomic mass is 35.5. The van der Waals surface area contributed by atoms with Crippen LogP contribution in [-0.2, 0) is 14.3 Å². The molecule has 0 radical (unpaired) electrons. The van der Waals surface area contributed by atoms with Crippen LogP contribution < -0.4 is 0 Å². The minimum atomic E-state index is -0.519. The Labute approximate surface area is 193 Å². The number of ether oxygens (including phenoxy) is 1. The van der Waals surface area contributed by atoms with E-state index in [9.17, 15) is 9.59 Å². The first-order valence-electron chi connectivity index (χ1n) is 10.6. The van der Waals surface area contributed by atoms with E-state index in [1.165, 1.54) is 6.08 Å². The van der Waals surface area contributed by atoms with Gasteiger partial charge in [-0.05, 0) is 48.2 Å². The lowest BCUT2D eigenvalue weighted by Gasteiger charge is -2.46. The van der Waals surface area contributed by atoms with Gasteiger partial charge in [-0.3, -0.25) is 9.59 Å². The maximum Gasteiger partial charge on any atom is 0.289 e. The summed E-state index contributed by atoms with van der Waals surface area (Å²) in [5.41, 5.74) is 1.75. The summed E-state index contributed by atoms with van der Waals surface area (Å²) < 4.78 is 6.24. The molecular formula is C25H27Cl2NO3. The number of hydrogen-bond donors (Lipinski definition) is 0. The third-order valence-electron chi connectivity index (χ3n) is 5.65. The summed E-state index contributed by atoms with van der Waals surface area (Å²) in [6, 6.07) is 14.5. The molecule has 2 atom stereocenters. The number of nitrogens with zero attached hydrogens (tertiary/aromatic N) is 1. The van der Waals surface area contributed by atoms with Crippen molar-refractivity contribution in [1.82, 2.24) is 4.90 Å². The lowest BCUT2D eigenvalue weighted by atomic mass is 9.90. The van der Waals surface area contributed by atoms with Gasteiger partial charge in [0.15, 0.2) is 11.5 Å². The lowest BCUT2D eigenvalue weighted by Crippen LogP contribution is -2.49. The Morgan fingerprint density at radius 1 is 1.03 bits per heavy atom. The van der Waals surface area contributed by atoms with E-state index in [1.807, 2.05) is 47.4 Å². The van der Waals surface area contributed by atoms with E-state index >= 15 is 0 Å². The van der Waals surface area contributed by atoms with Crippen LogP contribution in [0.4, 0.5) is 0 Å². The summed E-state index contributed by atoms with van der Waals surface area (Å²) in [6.45, 7) is 5.88. The Kier molecular flexibility index (Phi) is 7.79. The van der Waals surface area contributed by atoms with Gasteiger partial charge in [-0.1, -0.05) is 68.2 Å². The molecule has 2 unspecified atom stereocenters.